The number of nitrogens with one attached hydrogen (secondary N) is 1. The number of carboxylic acids is 2. The highest BCUT2D eigenvalue weighted by atomic mass is 32.1. The van der Waals surface area contributed by atoms with E-state index in [-0.39, 0.29) is 19.3 Å². The fraction of sp³-hybridized carbons (Fsp3) is 0.643. The first-order chi connectivity index (χ1) is 11.5. The first-order valence-corrected chi connectivity index (χ1v) is 7.86. The monoisotopic (exact) mass is 378 g/mol. The zero-order chi connectivity index (χ0) is 19.7. The molecule has 3 atom stereocenters. The second-order valence-electron chi connectivity index (χ2n) is 5.62. The van der Waals surface area contributed by atoms with Gasteiger partial charge >= 0.3 is 17.9 Å². The average molecular weight is 378 g/mol. The zero-order valence-corrected chi connectivity index (χ0v) is 14.7. The van der Waals surface area contributed by atoms with Crippen molar-refractivity contribution >= 4 is 41.6 Å². The number of hydrogen-bond acceptors (Lipinski definition) is 7. The van der Waals surface area contributed by atoms with Crippen LogP contribution in [0, 0.1) is 5.92 Å². The average Bonchev–Trinajstić information content (AvgIpc) is 2.48. The van der Waals surface area contributed by atoms with Gasteiger partial charge in [0.2, 0.25) is 17.1 Å². The fourth-order valence-corrected chi connectivity index (χ4v) is 1.90. The SMILES string of the molecule is CC(C)[C@@H](OC(=O)[C@@H](NC(=O)CCC[C@H](N)C(=O)O)C(=O)S)C(=O)O. The lowest BCUT2D eigenvalue weighted by Gasteiger charge is -2.20. The lowest BCUT2D eigenvalue weighted by atomic mass is 10.1. The molecule has 5 N–H and O–H groups in total. The molecule has 11 heteroatoms. The van der Waals surface area contributed by atoms with Gasteiger partial charge in [0, 0.05) is 12.3 Å². The molecule has 0 aliphatic rings. The largest absolute Gasteiger partial charge is 0.480 e. The Morgan fingerprint density at radius 2 is 1.68 bits per heavy atom. The quantitative estimate of drug-likeness (QED) is 0.174. The third-order valence-electron chi connectivity index (χ3n) is 3.12. The van der Waals surface area contributed by atoms with E-state index in [0.717, 1.165) is 0 Å². The van der Waals surface area contributed by atoms with E-state index in [0.29, 0.717) is 0 Å². The smallest absolute Gasteiger partial charge is 0.345 e. The molecule has 0 spiro atoms. The summed E-state index contributed by atoms with van der Waals surface area (Å²) < 4.78 is 4.75. The summed E-state index contributed by atoms with van der Waals surface area (Å²) >= 11 is 3.48. The van der Waals surface area contributed by atoms with E-state index in [1.807, 2.05) is 0 Å². The predicted octanol–water partition coefficient (Wildman–Crippen LogP) is -0.838. The van der Waals surface area contributed by atoms with Crippen molar-refractivity contribution < 1.29 is 38.9 Å². The maximum absolute atomic E-state index is 11.9. The van der Waals surface area contributed by atoms with Crippen LogP contribution in [0.5, 0.6) is 0 Å². The van der Waals surface area contributed by atoms with E-state index >= 15 is 0 Å². The molecule has 0 aliphatic carbocycles. The Bertz CT molecular complexity index is 537. The summed E-state index contributed by atoms with van der Waals surface area (Å²) in [6.45, 7) is 3.02. The molecule has 0 unspecified atom stereocenters. The van der Waals surface area contributed by atoms with Crippen LogP contribution in [0.15, 0.2) is 0 Å². The molecule has 1 amide bonds. The number of ether oxygens (including phenoxy) is 1. The number of carboxylic acid groups (broad SMARTS) is 2. The summed E-state index contributed by atoms with van der Waals surface area (Å²) in [5.41, 5.74) is 5.28. The minimum atomic E-state index is -1.76. The van der Waals surface area contributed by atoms with Crippen molar-refractivity contribution in [1.29, 1.82) is 0 Å². The molecule has 0 saturated carbocycles. The minimum absolute atomic E-state index is 0.0289. The maximum atomic E-state index is 11.9. The standard InChI is InChI=1S/C14H22N2O8S/c1-6(2)10(12(20)21)24-13(22)9(14(23)25)16-8(17)5-3-4-7(15)11(18)19/h6-7,9-10H,3-5,15H2,1-2H3,(H,16,17)(H,18,19)(H,20,21)(H,23,25)/t7-,9+,10+/m0/s1. The number of aliphatic carboxylic acids is 2. The van der Waals surface area contributed by atoms with Crippen LogP contribution in [0.3, 0.4) is 0 Å². The van der Waals surface area contributed by atoms with Gasteiger partial charge in [-0.05, 0) is 12.8 Å². The second kappa shape index (κ2) is 10.7. The van der Waals surface area contributed by atoms with Crippen LogP contribution in [0.2, 0.25) is 0 Å². The van der Waals surface area contributed by atoms with E-state index in [2.05, 4.69) is 17.9 Å². The Morgan fingerprint density at radius 1 is 1.12 bits per heavy atom. The molecule has 0 bridgehead atoms. The highest BCUT2D eigenvalue weighted by Crippen LogP contribution is 2.10. The number of hydrogen-bond donors (Lipinski definition) is 5. The van der Waals surface area contributed by atoms with Crippen molar-refractivity contribution in [3.63, 3.8) is 0 Å². The molecular weight excluding hydrogens is 356 g/mol. The van der Waals surface area contributed by atoms with Gasteiger partial charge in [-0.1, -0.05) is 13.8 Å². The highest BCUT2D eigenvalue weighted by molar-refractivity contribution is 7.96. The summed E-state index contributed by atoms with van der Waals surface area (Å²) in [6.07, 6.45) is -1.52. The normalized spacial score (nSPS) is 14.3. The van der Waals surface area contributed by atoms with Gasteiger partial charge in [0.05, 0.1) is 0 Å². The Kier molecular flexibility index (Phi) is 9.76. The summed E-state index contributed by atoms with van der Waals surface area (Å²) in [5.74, 6) is -5.11. The third-order valence-corrected chi connectivity index (χ3v) is 3.37. The van der Waals surface area contributed by atoms with E-state index < -0.39 is 53.0 Å². The van der Waals surface area contributed by atoms with Gasteiger partial charge in [-0.15, -0.1) is 12.6 Å². The number of nitrogens with two attached hydrogens (primary N) is 1. The van der Waals surface area contributed by atoms with Gasteiger partial charge < -0.3 is 26.0 Å². The van der Waals surface area contributed by atoms with Crippen LogP contribution >= 0.6 is 12.6 Å². The van der Waals surface area contributed by atoms with Gasteiger partial charge in [-0.3, -0.25) is 14.4 Å². The van der Waals surface area contributed by atoms with Crippen molar-refractivity contribution in [2.75, 3.05) is 0 Å². The molecule has 0 rings (SSSR count). The second-order valence-corrected chi connectivity index (χ2v) is 6.06. The van der Waals surface area contributed by atoms with E-state index in [1.54, 1.807) is 0 Å². The molecule has 25 heavy (non-hydrogen) atoms. The molecule has 0 aromatic carbocycles. The number of esters is 1. The number of carbonyl (C=O) groups is 5. The van der Waals surface area contributed by atoms with Gasteiger partial charge in [-0.2, -0.15) is 0 Å². The molecule has 0 aliphatic heterocycles. The molecule has 0 fully saturated rings. The lowest BCUT2D eigenvalue weighted by molar-refractivity contribution is -0.169. The number of carbonyl (C=O) groups excluding carboxylic acids is 3. The van der Waals surface area contributed by atoms with E-state index in [1.165, 1.54) is 13.8 Å². The first-order valence-electron chi connectivity index (χ1n) is 7.41. The summed E-state index contributed by atoms with van der Waals surface area (Å²) in [5, 5.41) is 18.7. The molecule has 0 radical (unpaired) electrons. The van der Waals surface area contributed by atoms with Crippen LogP contribution in [-0.4, -0.2) is 57.3 Å². The topological polar surface area (TPSA) is 173 Å². The van der Waals surface area contributed by atoms with Crippen molar-refractivity contribution in [3.8, 4) is 0 Å². The van der Waals surface area contributed by atoms with Crippen molar-refractivity contribution in [1.82, 2.24) is 5.32 Å². The van der Waals surface area contributed by atoms with Gasteiger partial charge in [0.25, 0.3) is 0 Å². The first kappa shape index (κ1) is 22.9. The lowest BCUT2D eigenvalue weighted by Crippen LogP contribution is -2.48. The predicted molar refractivity (Wildman–Crippen MR) is 87.7 cm³/mol. The Morgan fingerprint density at radius 3 is 2.08 bits per heavy atom. The Balaban J connectivity index is 4.71. The Labute approximate surface area is 149 Å². The summed E-state index contributed by atoms with van der Waals surface area (Å²) in [7, 11) is 0. The molecule has 0 aromatic heterocycles. The third kappa shape index (κ3) is 8.49. The van der Waals surface area contributed by atoms with Crippen LogP contribution in [0.25, 0.3) is 0 Å². The molecule has 0 aromatic rings. The van der Waals surface area contributed by atoms with Crippen LogP contribution in [-0.2, 0) is 28.7 Å². The highest BCUT2D eigenvalue weighted by Gasteiger charge is 2.33. The molecule has 142 valence electrons. The number of amides is 1. The van der Waals surface area contributed by atoms with Gasteiger partial charge in [0.1, 0.15) is 6.04 Å². The van der Waals surface area contributed by atoms with Crippen LogP contribution in [0.4, 0.5) is 0 Å². The molecule has 0 saturated heterocycles. The maximum Gasteiger partial charge on any atom is 0.345 e. The summed E-state index contributed by atoms with van der Waals surface area (Å²) in [6, 6.07) is -2.88. The van der Waals surface area contributed by atoms with E-state index in [4.69, 9.17) is 20.7 Å². The van der Waals surface area contributed by atoms with Gasteiger partial charge in [-0.25, -0.2) is 9.59 Å². The van der Waals surface area contributed by atoms with Crippen LogP contribution < -0.4 is 11.1 Å². The van der Waals surface area contributed by atoms with Crippen molar-refractivity contribution in [2.24, 2.45) is 11.7 Å². The van der Waals surface area contributed by atoms with Crippen LogP contribution in [0.1, 0.15) is 33.1 Å². The number of thiol groups is 1. The van der Waals surface area contributed by atoms with Crippen molar-refractivity contribution in [3.05, 3.63) is 0 Å². The van der Waals surface area contributed by atoms with Gasteiger partial charge in [0.15, 0.2) is 6.04 Å². The summed E-state index contributed by atoms with van der Waals surface area (Å²) in [4.78, 5) is 56.7. The molecule has 10 nitrogen and oxygen atoms in total. The zero-order valence-electron chi connectivity index (χ0n) is 13.8. The fourth-order valence-electron chi connectivity index (χ4n) is 1.73. The molecule has 0 heterocycles. The molecular formula is C14H22N2O8S. The Hall–Kier alpha value is -2.14. The number of rotatable bonds is 11. The van der Waals surface area contributed by atoms with E-state index in [9.17, 15) is 24.0 Å². The van der Waals surface area contributed by atoms with Crippen molar-refractivity contribution in [2.45, 2.75) is 51.3 Å². The minimum Gasteiger partial charge on any atom is -0.480 e.